The molecule has 1 heterocycles. The Hall–Kier alpha value is -0.610. The molecular weight excluding hydrogens is 216 g/mol. The molecule has 1 aliphatic rings. The summed E-state index contributed by atoms with van der Waals surface area (Å²) >= 11 is 0. The Morgan fingerprint density at radius 2 is 1.88 bits per heavy atom. The summed E-state index contributed by atoms with van der Waals surface area (Å²) in [5.41, 5.74) is 6.06. The van der Waals surface area contributed by atoms with Crippen molar-refractivity contribution >= 4 is 5.97 Å². The molecule has 0 spiro atoms. The van der Waals surface area contributed by atoms with Gasteiger partial charge in [0.1, 0.15) is 6.04 Å². The highest BCUT2D eigenvalue weighted by Gasteiger charge is 2.33. The smallest absolute Gasteiger partial charge is 0.324 e. The maximum absolute atomic E-state index is 11.8. The Balaban J connectivity index is 2.66. The summed E-state index contributed by atoms with van der Waals surface area (Å²) in [6, 6.07) is -0.414. The van der Waals surface area contributed by atoms with Crippen molar-refractivity contribution in [2.75, 3.05) is 19.7 Å². The monoisotopic (exact) mass is 242 g/mol. The molecule has 0 saturated carbocycles. The van der Waals surface area contributed by atoms with E-state index in [0.717, 1.165) is 13.1 Å². The average Bonchev–Trinajstić information content (AvgIpc) is 2.30. The number of esters is 1. The number of ether oxygens (including phenoxy) is 1. The van der Waals surface area contributed by atoms with Gasteiger partial charge in [-0.15, -0.1) is 0 Å². The largest absolute Gasteiger partial charge is 0.465 e. The van der Waals surface area contributed by atoms with Crippen molar-refractivity contribution in [3.63, 3.8) is 0 Å². The molecule has 0 amide bonds. The van der Waals surface area contributed by atoms with Gasteiger partial charge in [-0.1, -0.05) is 20.3 Å². The van der Waals surface area contributed by atoms with E-state index in [1.165, 1.54) is 19.3 Å². The van der Waals surface area contributed by atoms with Crippen LogP contribution in [0.25, 0.3) is 0 Å². The van der Waals surface area contributed by atoms with Crippen molar-refractivity contribution in [2.45, 2.75) is 52.1 Å². The van der Waals surface area contributed by atoms with Crippen LogP contribution < -0.4 is 5.73 Å². The number of hydrogen-bond acceptors (Lipinski definition) is 4. The number of rotatable bonds is 5. The first-order chi connectivity index (χ1) is 8.07. The molecule has 1 fully saturated rings. The highest BCUT2D eigenvalue weighted by atomic mass is 16.5. The number of carbonyl (C=O) groups excluding carboxylic acids is 1. The Morgan fingerprint density at radius 3 is 2.35 bits per heavy atom. The van der Waals surface area contributed by atoms with E-state index in [2.05, 4.69) is 18.7 Å². The van der Waals surface area contributed by atoms with E-state index < -0.39 is 6.04 Å². The number of nitrogens with zero attached hydrogens (tertiary/aromatic N) is 1. The summed E-state index contributed by atoms with van der Waals surface area (Å²) in [6.45, 7) is 8.57. The van der Waals surface area contributed by atoms with Crippen molar-refractivity contribution in [2.24, 2.45) is 11.7 Å². The van der Waals surface area contributed by atoms with Crippen LogP contribution in [-0.2, 0) is 9.53 Å². The van der Waals surface area contributed by atoms with Crippen LogP contribution in [-0.4, -0.2) is 42.6 Å². The van der Waals surface area contributed by atoms with E-state index in [-0.39, 0.29) is 12.0 Å². The summed E-state index contributed by atoms with van der Waals surface area (Å²) < 4.78 is 5.04. The topological polar surface area (TPSA) is 55.6 Å². The molecule has 0 aromatic carbocycles. The highest BCUT2D eigenvalue weighted by Crippen LogP contribution is 2.20. The minimum absolute atomic E-state index is 0.106. The Morgan fingerprint density at radius 1 is 1.29 bits per heavy atom. The molecule has 0 unspecified atom stereocenters. The van der Waals surface area contributed by atoms with E-state index in [0.29, 0.717) is 12.5 Å². The second-order valence-corrected chi connectivity index (χ2v) is 5.11. The van der Waals surface area contributed by atoms with Gasteiger partial charge in [-0.05, 0) is 38.8 Å². The third-order valence-electron chi connectivity index (χ3n) is 3.42. The molecule has 4 heteroatoms. The zero-order valence-electron chi connectivity index (χ0n) is 11.3. The molecule has 2 atom stereocenters. The lowest BCUT2D eigenvalue weighted by Crippen LogP contribution is -2.56. The molecule has 100 valence electrons. The Bertz CT molecular complexity index is 238. The summed E-state index contributed by atoms with van der Waals surface area (Å²) in [7, 11) is 0. The molecule has 0 bridgehead atoms. The lowest BCUT2D eigenvalue weighted by atomic mass is 9.93. The molecular formula is C13H26N2O2. The Kier molecular flexibility index (Phi) is 5.92. The van der Waals surface area contributed by atoms with Crippen molar-refractivity contribution in [3.05, 3.63) is 0 Å². The molecule has 0 aliphatic carbocycles. The fourth-order valence-electron chi connectivity index (χ4n) is 2.66. The van der Waals surface area contributed by atoms with Crippen LogP contribution in [0.3, 0.4) is 0 Å². The number of carbonyl (C=O) groups is 1. The van der Waals surface area contributed by atoms with Gasteiger partial charge >= 0.3 is 5.97 Å². The van der Waals surface area contributed by atoms with Gasteiger partial charge in [0.2, 0.25) is 0 Å². The molecule has 1 saturated heterocycles. The minimum atomic E-state index is -0.520. The second-order valence-electron chi connectivity index (χ2n) is 5.11. The SMILES string of the molecule is CCOC(=O)[C@H](N)[C@H](C(C)C)N1CCCCC1. The molecule has 0 aromatic rings. The van der Waals surface area contributed by atoms with Gasteiger partial charge in [-0.25, -0.2) is 0 Å². The molecule has 2 N–H and O–H groups in total. The van der Waals surface area contributed by atoms with Crippen LogP contribution in [0.2, 0.25) is 0 Å². The molecule has 4 nitrogen and oxygen atoms in total. The fraction of sp³-hybridized carbons (Fsp3) is 0.923. The number of hydrogen-bond donors (Lipinski definition) is 1. The average molecular weight is 242 g/mol. The number of piperidine rings is 1. The summed E-state index contributed by atoms with van der Waals surface area (Å²) in [5, 5.41) is 0. The minimum Gasteiger partial charge on any atom is -0.465 e. The molecule has 0 aromatic heterocycles. The number of nitrogens with two attached hydrogens (primary N) is 1. The number of likely N-dealkylation sites (tertiary alicyclic amines) is 1. The van der Waals surface area contributed by atoms with Gasteiger partial charge < -0.3 is 10.5 Å². The maximum Gasteiger partial charge on any atom is 0.324 e. The van der Waals surface area contributed by atoms with Gasteiger partial charge in [0.15, 0.2) is 0 Å². The summed E-state index contributed by atoms with van der Waals surface area (Å²) in [5.74, 6) is 0.101. The third-order valence-corrected chi connectivity index (χ3v) is 3.42. The Labute approximate surface area is 104 Å². The van der Waals surface area contributed by atoms with Gasteiger partial charge in [0, 0.05) is 6.04 Å². The van der Waals surface area contributed by atoms with Crippen LogP contribution in [0.1, 0.15) is 40.0 Å². The molecule has 17 heavy (non-hydrogen) atoms. The molecule has 0 radical (unpaired) electrons. The summed E-state index contributed by atoms with van der Waals surface area (Å²) in [4.78, 5) is 14.1. The predicted molar refractivity (Wildman–Crippen MR) is 68.7 cm³/mol. The summed E-state index contributed by atoms with van der Waals surface area (Å²) in [6.07, 6.45) is 3.70. The van der Waals surface area contributed by atoms with Crippen molar-refractivity contribution < 1.29 is 9.53 Å². The standard InChI is InChI=1S/C13H26N2O2/c1-4-17-13(16)11(14)12(10(2)3)15-8-6-5-7-9-15/h10-12H,4-9,14H2,1-3H3/t11-,12+/m1/s1. The maximum atomic E-state index is 11.8. The van der Waals surface area contributed by atoms with Gasteiger partial charge in [0.25, 0.3) is 0 Å². The molecule has 1 rings (SSSR count). The van der Waals surface area contributed by atoms with Crippen molar-refractivity contribution in [3.8, 4) is 0 Å². The quantitative estimate of drug-likeness (QED) is 0.740. The van der Waals surface area contributed by atoms with Crippen molar-refractivity contribution in [1.82, 2.24) is 4.90 Å². The van der Waals surface area contributed by atoms with Crippen LogP contribution in [0.4, 0.5) is 0 Å². The van der Waals surface area contributed by atoms with Crippen molar-refractivity contribution in [1.29, 1.82) is 0 Å². The van der Waals surface area contributed by atoms with Gasteiger partial charge in [-0.3, -0.25) is 9.69 Å². The normalized spacial score (nSPS) is 21.2. The van der Waals surface area contributed by atoms with E-state index in [9.17, 15) is 4.79 Å². The van der Waals surface area contributed by atoms with Crippen LogP contribution >= 0.6 is 0 Å². The lowest BCUT2D eigenvalue weighted by Gasteiger charge is -2.39. The van der Waals surface area contributed by atoms with Crippen LogP contribution in [0.15, 0.2) is 0 Å². The highest BCUT2D eigenvalue weighted by molar-refractivity contribution is 5.76. The van der Waals surface area contributed by atoms with Crippen LogP contribution in [0.5, 0.6) is 0 Å². The van der Waals surface area contributed by atoms with E-state index in [4.69, 9.17) is 10.5 Å². The first-order valence-electron chi connectivity index (χ1n) is 6.74. The first-order valence-corrected chi connectivity index (χ1v) is 6.74. The molecule has 1 aliphatic heterocycles. The lowest BCUT2D eigenvalue weighted by molar-refractivity contribution is -0.147. The fourth-order valence-corrected chi connectivity index (χ4v) is 2.66. The van der Waals surface area contributed by atoms with E-state index in [1.807, 2.05) is 6.92 Å². The third kappa shape index (κ3) is 3.96. The van der Waals surface area contributed by atoms with Gasteiger partial charge in [0.05, 0.1) is 6.61 Å². The first kappa shape index (κ1) is 14.5. The zero-order chi connectivity index (χ0) is 12.8. The zero-order valence-corrected chi connectivity index (χ0v) is 11.3. The predicted octanol–water partition coefficient (Wildman–Crippen LogP) is 1.39. The second kappa shape index (κ2) is 6.97. The van der Waals surface area contributed by atoms with Gasteiger partial charge in [-0.2, -0.15) is 0 Å². The van der Waals surface area contributed by atoms with E-state index in [1.54, 1.807) is 0 Å². The van der Waals surface area contributed by atoms with Crippen LogP contribution in [0, 0.1) is 5.92 Å². The van der Waals surface area contributed by atoms with E-state index >= 15 is 0 Å².